The summed E-state index contributed by atoms with van der Waals surface area (Å²) in [6, 6.07) is 22.6. The van der Waals surface area contributed by atoms with E-state index >= 15 is 0 Å². The van der Waals surface area contributed by atoms with Gasteiger partial charge in [-0.05, 0) is 71.6 Å². The van der Waals surface area contributed by atoms with Crippen molar-refractivity contribution in [1.29, 1.82) is 0 Å². The zero-order chi connectivity index (χ0) is 21.2. The van der Waals surface area contributed by atoms with Crippen LogP contribution in [0, 0.1) is 0 Å². The number of nitrogens with zero attached hydrogens (tertiary/aromatic N) is 1. The van der Waals surface area contributed by atoms with Gasteiger partial charge in [0.15, 0.2) is 6.61 Å². The fourth-order valence-electron chi connectivity index (χ4n) is 2.58. The van der Waals surface area contributed by atoms with Gasteiger partial charge in [-0.3, -0.25) is 4.79 Å². The van der Waals surface area contributed by atoms with Crippen LogP contribution in [-0.4, -0.2) is 18.7 Å². The van der Waals surface area contributed by atoms with Crippen LogP contribution in [0.15, 0.2) is 77.9 Å². The van der Waals surface area contributed by atoms with Gasteiger partial charge >= 0.3 is 0 Å². The van der Waals surface area contributed by atoms with Gasteiger partial charge in [0, 0.05) is 5.02 Å². The quantitative estimate of drug-likeness (QED) is 0.389. The highest BCUT2D eigenvalue weighted by Crippen LogP contribution is 2.15. The molecule has 3 aromatic rings. The van der Waals surface area contributed by atoms with E-state index < -0.39 is 0 Å². The molecule has 3 rings (SSSR count). The van der Waals surface area contributed by atoms with Gasteiger partial charge in [-0.2, -0.15) is 5.10 Å². The molecule has 5 nitrogen and oxygen atoms in total. The van der Waals surface area contributed by atoms with Crippen molar-refractivity contribution in [2.24, 2.45) is 5.10 Å². The zero-order valence-electron chi connectivity index (χ0n) is 16.7. The average molecular weight is 423 g/mol. The second-order valence-corrected chi connectivity index (χ2v) is 7.00. The van der Waals surface area contributed by atoms with E-state index in [0.29, 0.717) is 17.4 Å². The first kappa shape index (κ1) is 21.4. The van der Waals surface area contributed by atoms with Crippen molar-refractivity contribution in [3.8, 4) is 11.5 Å². The molecule has 1 amide bonds. The summed E-state index contributed by atoms with van der Waals surface area (Å²) in [5.74, 6) is 1.07. The summed E-state index contributed by atoms with van der Waals surface area (Å²) in [7, 11) is 0. The number of hydrogen-bond donors (Lipinski definition) is 1. The molecule has 0 heterocycles. The molecule has 0 atom stereocenters. The number of benzene rings is 3. The SMILES string of the molecule is CCc1ccc(OCC(=O)N/N=C\c2ccc(OCc3ccc(Cl)cc3)cc2)cc1. The minimum absolute atomic E-state index is 0.0969. The number of aryl methyl sites for hydroxylation is 1. The predicted molar refractivity (Wildman–Crippen MR) is 119 cm³/mol. The second kappa shape index (κ2) is 11.0. The maximum atomic E-state index is 11.8. The Morgan fingerprint density at radius 1 is 0.900 bits per heavy atom. The molecule has 3 aromatic carbocycles. The highest BCUT2D eigenvalue weighted by molar-refractivity contribution is 6.30. The third kappa shape index (κ3) is 6.94. The van der Waals surface area contributed by atoms with Crippen molar-refractivity contribution in [3.05, 3.63) is 94.5 Å². The van der Waals surface area contributed by atoms with E-state index in [1.807, 2.05) is 72.8 Å². The molecule has 0 unspecified atom stereocenters. The smallest absolute Gasteiger partial charge is 0.277 e. The summed E-state index contributed by atoms with van der Waals surface area (Å²) in [5, 5.41) is 4.66. The van der Waals surface area contributed by atoms with E-state index in [2.05, 4.69) is 17.5 Å². The summed E-state index contributed by atoms with van der Waals surface area (Å²) < 4.78 is 11.2. The topological polar surface area (TPSA) is 59.9 Å². The molecule has 1 N–H and O–H groups in total. The largest absolute Gasteiger partial charge is 0.489 e. The molecule has 0 aliphatic rings. The van der Waals surface area contributed by atoms with Crippen molar-refractivity contribution >= 4 is 23.7 Å². The van der Waals surface area contributed by atoms with Gasteiger partial charge in [0.2, 0.25) is 0 Å². The Bertz CT molecular complexity index is 969. The van der Waals surface area contributed by atoms with Crippen molar-refractivity contribution in [1.82, 2.24) is 5.43 Å². The molecular weight excluding hydrogens is 400 g/mol. The fourth-order valence-corrected chi connectivity index (χ4v) is 2.70. The molecule has 0 aliphatic carbocycles. The molecule has 0 spiro atoms. The van der Waals surface area contributed by atoms with Crippen molar-refractivity contribution in [2.45, 2.75) is 20.0 Å². The van der Waals surface area contributed by atoms with Gasteiger partial charge in [0.1, 0.15) is 18.1 Å². The first-order valence-electron chi connectivity index (χ1n) is 9.63. The Morgan fingerprint density at radius 3 is 2.17 bits per heavy atom. The Hall–Kier alpha value is -3.31. The van der Waals surface area contributed by atoms with Gasteiger partial charge in [-0.1, -0.05) is 42.8 Å². The van der Waals surface area contributed by atoms with E-state index in [-0.39, 0.29) is 12.5 Å². The third-order valence-corrected chi connectivity index (χ3v) is 4.56. The van der Waals surface area contributed by atoms with Gasteiger partial charge in [0.05, 0.1) is 6.21 Å². The van der Waals surface area contributed by atoms with Gasteiger partial charge in [-0.25, -0.2) is 5.43 Å². The number of hydrazone groups is 1. The highest BCUT2D eigenvalue weighted by Gasteiger charge is 2.02. The maximum Gasteiger partial charge on any atom is 0.277 e. The number of carbonyl (C=O) groups excluding carboxylic acids is 1. The van der Waals surface area contributed by atoms with E-state index in [1.54, 1.807) is 6.21 Å². The van der Waals surface area contributed by atoms with Crippen molar-refractivity contribution < 1.29 is 14.3 Å². The molecule has 0 bridgehead atoms. The second-order valence-electron chi connectivity index (χ2n) is 6.56. The lowest BCUT2D eigenvalue weighted by Crippen LogP contribution is -2.24. The van der Waals surface area contributed by atoms with Crippen LogP contribution in [0.1, 0.15) is 23.6 Å². The number of amides is 1. The molecule has 0 saturated carbocycles. The fraction of sp³-hybridized carbons (Fsp3) is 0.167. The molecule has 0 aromatic heterocycles. The molecule has 0 fully saturated rings. The van der Waals surface area contributed by atoms with Crippen LogP contribution in [0.5, 0.6) is 11.5 Å². The van der Waals surface area contributed by atoms with E-state index in [0.717, 1.165) is 23.3 Å². The lowest BCUT2D eigenvalue weighted by Gasteiger charge is -2.07. The summed E-state index contributed by atoms with van der Waals surface area (Å²) >= 11 is 5.88. The van der Waals surface area contributed by atoms with Crippen LogP contribution in [-0.2, 0) is 17.8 Å². The van der Waals surface area contributed by atoms with Gasteiger partial charge in [0.25, 0.3) is 5.91 Å². The minimum atomic E-state index is -0.325. The van der Waals surface area contributed by atoms with E-state index in [1.165, 1.54) is 5.56 Å². The monoisotopic (exact) mass is 422 g/mol. The summed E-state index contributed by atoms with van der Waals surface area (Å²) in [4.78, 5) is 11.8. The lowest BCUT2D eigenvalue weighted by molar-refractivity contribution is -0.123. The maximum absolute atomic E-state index is 11.8. The molecule has 154 valence electrons. The number of hydrogen-bond acceptors (Lipinski definition) is 4. The van der Waals surface area contributed by atoms with E-state index in [9.17, 15) is 4.79 Å². The standard InChI is InChI=1S/C24H23ClN2O3/c1-2-18-5-11-23(12-6-18)30-17-24(28)27-26-15-19-7-13-22(14-8-19)29-16-20-3-9-21(25)10-4-20/h3-15H,2,16-17H2,1H3,(H,27,28)/b26-15-. The van der Waals surface area contributed by atoms with Crippen LogP contribution >= 0.6 is 11.6 Å². The molecule has 0 saturated heterocycles. The van der Waals surface area contributed by atoms with Gasteiger partial charge < -0.3 is 9.47 Å². The Morgan fingerprint density at radius 2 is 1.50 bits per heavy atom. The van der Waals surface area contributed by atoms with Gasteiger partial charge in [-0.15, -0.1) is 0 Å². The minimum Gasteiger partial charge on any atom is -0.489 e. The number of halogens is 1. The van der Waals surface area contributed by atoms with Crippen LogP contribution in [0.25, 0.3) is 0 Å². The Kier molecular flexibility index (Phi) is 7.86. The molecule has 0 radical (unpaired) electrons. The summed E-state index contributed by atoms with van der Waals surface area (Å²) in [5.41, 5.74) is 5.55. The predicted octanol–water partition coefficient (Wildman–Crippen LogP) is 5.01. The molecule has 0 aliphatic heterocycles. The first-order valence-corrected chi connectivity index (χ1v) is 10.0. The van der Waals surface area contributed by atoms with Crippen LogP contribution in [0.4, 0.5) is 0 Å². The number of rotatable bonds is 9. The summed E-state index contributed by atoms with van der Waals surface area (Å²) in [6.45, 7) is 2.45. The number of ether oxygens (including phenoxy) is 2. The zero-order valence-corrected chi connectivity index (χ0v) is 17.4. The summed E-state index contributed by atoms with van der Waals surface area (Å²) in [6.07, 6.45) is 2.53. The number of nitrogens with one attached hydrogen (secondary N) is 1. The van der Waals surface area contributed by atoms with Crippen LogP contribution in [0.3, 0.4) is 0 Å². The Labute approximate surface area is 181 Å². The molecule has 30 heavy (non-hydrogen) atoms. The van der Waals surface area contributed by atoms with Crippen LogP contribution < -0.4 is 14.9 Å². The van der Waals surface area contributed by atoms with Crippen molar-refractivity contribution in [2.75, 3.05) is 6.61 Å². The van der Waals surface area contributed by atoms with Crippen LogP contribution in [0.2, 0.25) is 5.02 Å². The van der Waals surface area contributed by atoms with E-state index in [4.69, 9.17) is 21.1 Å². The first-order chi connectivity index (χ1) is 14.6. The molecular formula is C24H23ClN2O3. The third-order valence-electron chi connectivity index (χ3n) is 4.30. The highest BCUT2D eigenvalue weighted by atomic mass is 35.5. The lowest BCUT2D eigenvalue weighted by atomic mass is 10.2. The Balaban J connectivity index is 1.40. The van der Waals surface area contributed by atoms with Crippen molar-refractivity contribution in [3.63, 3.8) is 0 Å². The molecule has 6 heteroatoms. The number of carbonyl (C=O) groups is 1. The normalized spacial score (nSPS) is 10.7. The average Bonchev–Trinajstić information content (AvgIpc) is 2.78.